The first kappa shape index (κ1) is 17.2. The number of nitrogens with one attached hydrogen (secondary N) is 1. The van der Waals surface area contributed by atoms with Crippen LogP contribution in [0.2, 0.25) is 0 Å². The van der Waals surface area contributed by atoms with Crippen molar-refractivity contribution in [1.29, 1.82) is 0 Å². The van der Waals surface area contributed by atoms with Crippen LogP contribution in [0.25, 0.3) is 0 Å². The summed E-state index contributed by atoms with van der Waals surface area (Å²) in [5.74, 6) is 0.943. The molecule has 0 aromatic heterocycles. The summed E-state index contributed by atoms with van der Waals surface area (Å²) in [6.07, 6.45) is 3.25. The molecule has 1 spiro atoms. The zero-order valence-corrected chi connectivity index (χ0v) is 14.7. The van der Waals surface area contributed by atoms with E-state index in [0.29, 0.717) is 6.54 Å². The van der Waals surface area contributed by atoms with Crippen LogP contribution < -0.4 is 10.1 Å². The van der Waals surface area contributed by atoms with E-state index in [9.17, 15) is 4.79 Å². The Labute approximate surface area is 144 Å². The Bertz CT molecular complexity index is 536. The minimum Gasteiger partial charge on any atom is -0.491 e. The number of benzene rings is 1. The second kappa shape index (κ2) is 7.53. The first-order valence-electron chi connectivity index (χ1n) is 8.93. The summed E-state index contributed by atoms with van der Waals surface area (Å²) < 4.78 is 11.5. The van der Waals surface area contributed by atoms with Crippen LogP contribution in [0.15, 0.2) is 24.3 Å². The number of likely N-dealkylation sites (tertiary alicyclic amines) is 1. The summed E-state index contributed by atoms with van der Waals surface area (Å²) in [4.78, 5) is 13.7. The molecule has 24 heavy (non-hydrogen) atoms. The summed E-state index contributed by atoms with van der Waals surface area (Å²) in [6.45, 7) is 8.08. The van der Waals surface area contributed by atoms with Crippen molar-refractivity contribution in [3.05, 3.63) is 29.8 Å². The average molecular weight is 332 g/mol. The largest absolute Gasteiger partial charge is 0.491 e. The van der Waals surface area contributed by atoms with E-state index in [4.69, 9.17) is 9.47 Å². The Hall–Kier alpha value is -1.59. The molecule has 2 fully saturated rings. The van der Waals surface area contributed by atoms with Gasteiger partial charge in [0.05, 0.1) is 11.7 Å². The van der Waals surface area contributed by atoms with Crippen LogP contribution in [0.3, 0.4) is 0 Å². The Kier molecular flexibility index (Phi) is 5.41. The highest BCUT2D eigenvalue weighted by Gasteiger charge is 2.38. The summed E-state index contributed by atoms with van der Waals surface area (Å²) in [7, 11) is 0. The predicted molar refractivity (Wildman–Crippen MR) is 93.3 cm³/mol. The van der Waals surface area contributed by atoms with Crippen molar-refractivity contribution in [3.63, 3.8) is 0 Å². The highest BCUT2D eigenvalue weighted by molar-refractivity contribution is 5.78. The van der Waals surface area contributed by atoms with Crippen LogP contribution in [0.5, 0.6) is 5.75 Å². The number of rotatable bonds is 5. The fraction of sp³-hybridized carbons (Fsp3) is 0.632. The van der Waals surface area contributed by atoms with Gasteiger partial charge in [0.25, 0.3) is 0 Å². The van der Waals surface area contributed by atoms with Crippen LogP contribution in [0, 0.1) is 0 Å². The first-order chi connectivity index (χ1) is 11.5. The summed E-state index contributed by atoms with van der Waals surface area (Å²) in [6, 6.07) is 8.42. The third-order valence-corrected chi connectivity index (χ3v) is 4.90. The number of hydrogen-bond acceptors (Lipinski definition) is 4. The van der Waals surface area contributed by atoms with Crippen molar-refractivity contribution >= 4 is 5.91 Å². The van der Waals surface area contributed by atoms with Crippen molar-refractivity contribution < 1.29 is 14.3 Å². The lowest BCUT2D eigenvalue weighted by atomic mass is 9.90. The fourth-order valence-corrected chi connectivity index (χ4v) is 3.38. The minimum absolute atomic E-state index is 0.00736. The lowest BCUT2D eigenvalue weighted by molar-refractivity contribution is -0.150. The van der Waals surface area contributed by atoms with Gasteiger partial charge < -0.3 is 19.7 Å². The molecule has 0 atom stereocenters. The maximum atomic E-state index is 11.2. The van der Waals surface area contributed by atoms with E-state index in [2.05, 4.69) is 34.5 Å². The lowest BCUT2D eigenvalue weighted by Gasteiger charge is -2.43. The summed E-state index contributed by atoms with van der Waals surface area (Å²) in [5, 5.41) is 2.94. The SMILES string of the molecule is CC(C)Oc1ccc(CCN2CCC3(CC2)CNC(=O)CO3)cc1. The summed E-state index contributed by atoms with van der Waals surface area (Å²) in [5.41, 5.74) is 1.22. The van der Waals surface area contributed by atoms with Gasteiger partial charge in [-0.05, 0) is 50.8 Å². The number of amides is 1. The number of nitrogens with zero attached hydrogens (tertiary/aromatic N) is 1. The quantitative estimate of drug-likeness (QED) is 0.896. The number of ether oxygens (including phenoxy) is 2. The molecule has 3 rings (SSSR count). The van der Waals surface area contributed by atoms with E-state index in [1.54, 1.807) is 0 Å². The zero-order chi connectivity index (χ0) is 17.0. The molecule has 0 saturated carbocycles. The Morgan fingerprint density at radius 1 is 1.25 bits per heavy atom. The maximum absolute atomic E-state index is 11.2. The van der Waals surface area contributed by atoms with Gasteiger partial charge in [0, 0.05) is 26.2 Å². The smallest absolute Gasteiger partial charge is 0.246 e. The molecule has 1 N–H and O–H groups in total. The normalized spacial score (nSPS) is 21.0. The molecule has 0 aliphatic carbocycles. The minimum atomic E-state index is -0.125. The van der Waals surface area contributed by atoms with Gasteiger partial charge in [0.15, 0.2) is 0 Å². The van der Waals surface area contributed by atoms with Gasteiger partial charge in [-0.15, -0.1) is 0 Å². The number of morpholine rings is 1. The average Bonchev–Trinajstić information content (AvgIpc) is 2.58. The fourth-order valence-electron chi connectivity index (χ4n) is 3.38. The van der Waals surface area contributed by atoms with Gasteiger partial charge >= 0.3 is 0 Å². The van der Waals surface area contributed by atoms with Crippen LogP contribution in [0.1, 0.15) is 32.3 Å². The third kappa shape index (κ3) is 4.48. The van der Waals surface area contributed by atoms with E-state index in [-0.39, 0.29) is 24.2 Å². The highest BCUT2D eigenvalue weighted by atomic mass is 16.5. The van der Waals surface area contributed by atoms with Crippen LogP contribution >= 0.6 is 0 Å². The van der Waals surface area contributed by atoms with Crippen molar-refractivity contribution in [2.45, 2.75) is 44.8 Å². The van der Waals surface area contributed by atoms with Crippen molar-refractivity contribution in [3.8, 4) is 5.75 Å². The molecule has 5 nitrogen and oxygen atoms in total. The molecular weight excluding hydrogens is 304 g/mol. The van der Waals surface area contributed by atoms with Crippen molar-refractivity contribution in [2.75, 3.05) is 32.8 Å². The summed E-state index contributed by atoms with van der Waals surface area (Å²) >= 11 is 0. The molecule has 0 bridgehead atoms. The van der Waals surface area contributed by atoms with Gasteiger partial charge in [0.1, 0.15) is 12.4 Å². The molecule has 132 valence electrons. The molecular formula is C19H28N2O3. The van der Waals surface area contributed by atoms with E-state index >= 15 is 0 Å². The van der Waals surface area contributed by atoms with Gasteiger partial charge in [-0.3, -0.25) is 4.79 Å². The number of carbonyl (C=O) groups excluding carboxylic acids is 1. The number of piperidine rings is 1. The topological polar surface area (TPSA) is 50.8 Å². The van der Waals surface area contributed by atoms with Gasteiger partial charge in [0.2, 0.25) is 5.91 Å². The molecule has 2 aliphatic heterocycles. The maximum Gasteiger partial charge on any atom is 0.246 e. The number of carbonyl (C=O) groups is 1. The van der Waals surface area contributed by atoms with Crippen molar-refractivity contribution in [2.24, 2.45) is 0 Å². The van der Waals surface area contributed by atoms with Gasteiger partial charge in [-0.1, -0.05) is 12.1 Å². The number of hydrogen-bond donors (Lipinski definition) is 1. The van der Waals surface area contributed by atoms with E-state index in [0.717, 1.165) is 44.6 Å². The predicted octanol–water partition coefficient (Wildman–Crippen LogP) is 2.00. The molecule has 0 radical (unpaired) electrons. The second-order valence-corrected chi connectivity index (χ2v) is 7.15. The van der Waals surface area contributed by atoms with Crippen LogP contribution in [0.4, 0.5) is 0 Å². The Balaban J connectivity index is 1.42. The van der Waals surface area contributed by atoms with E-state index in [1.165, 1.54) is 5.56 Å². The Morgan fingerprint density at radius 3 is 2.54 bits per heavy atom. The van der Waals surface area contributed by atoms with Gasteiger partial charge in [-0.25, -0.2) is 0 Å². The standard InChI is InChI=1S/C19H28N2O3/c1-15(2)24-17-5-3-16(4-6-17)7-10-21-11-8-19(9-12-21)14-20-18(22)13-23-19/h3-6,15H,7-14H2,1-2H3,(H,20,22). The van der Waals surface area contributed by atoms with E-state index < -0.39 is 0 Å². The Morgan fingerprint density at radius 2 is 1.96 bits per heavy atom. The monoisotopic (exact) mass is 332 g/mol. The molecule has 5 heteroatoms. The molecule has 0 unspecified atom stereocenters. The van der Waals surface area contributed by atoms with Crippen LogP contribution in [-0.2, 0) is 16.0 Å². The first-order valence-corrected chi connectivity index (χ1v) is 8.93. The lowest BCUT2D eigenvalue weighted by Crippen LogP contribution is -2.57. The second-order valence-electron chi connectivity index (χ2n) is 7.15. The van der Waals surface area contributed by atoms with E-state index in [1.807, 2.05) is 13.8 Å². The molecule has 2 saturated heterocycles. The third-order valence-electron chi connectivity index (χ3n) is 4.90. The molecule has 1 aromatic rings. The van der Waals surface area contributed by atoms with Gasteiger partial charge in [-0.2, -0.15) is 0 Å². The molecule has 2 aliphatic rings. The zero-order valence-electron chi connectivity index (χ0n) is 14.7. The molecule has 2 heterocycles. The van der Waals surface area contributed by atoms with Crippen LogP contribution in [-0.4, -0.2) is 55.3 Å². The van der Waals surface area contributed by atoms with Crippen molar-refractivity contribution in [1.82, 2.24) is 10.2 Å². The molecule has 1 amide bonds. The highest BCUT2D eigenvalue weighted by Crippen LogP contribution is 2.27. The molecule has 1 aromatic carbocycles.